The standard InChI is InChI=1S/C15H17Cl2N3O2/c1-18-15(22)19-9-14(21)20-6-4-10(5-7-20)11-2-3-12(16)13(17)8-11/h2-4,8H,5-7,9H2,1H3,(H2,18,19,22). The normalized spacial score (nSPS) is 14.3. The van der Waals surface area contributed by atoms with Crippen LogP contribution in [-0.2, 0) is 4.79 Å². The zero-order valence-corrected chi connectivity index (χ0v) is 13.7. The van der Waals surface area contributed by atoms with Crippen LogP contribution in [-0.4, -0.2) is 43.5 Å². The largest absolute Gasteiger partial charge is 0.341 e. The number of hydrogen-bond acceptors (Lipinski definition) is 2. The van der Waals surface area contributed by atoms with Gasteiger partial charge >= 0.3 is 6.03 Å². The summed E-state index contributed by atoms with van der Waals surface area (Å²) in [6.07, 6.45) is 2.74. The van der Waals surface area contributed by atoms with Gasteiger partial charge in [-0.25, -0.2) is 4.79 Å². The second-order valence-electron chi connectivity index (χ2n) is 4.88. The minimum Gasteiger partial charge on any atom is -0.341 e. The lowest BCUT2D eigenvalue weighted by Gasteiger charge is -2.27. The quantitative estimate of drug-likeness (QED) is 0.887. The summed E-state index contributed by atoms with van der Waals surface area (Å²) in [4.78, 5) is 24.7. The third-order valence-electron chi connectivity index (χ3n) is 3.48. The summed E-state index contributed by atoms with van der Waals surface area (Å²) >= 11 is 11.9. The van der Waals surface area contributed by atoms with Gasteiger partial charge in [-0.1, -0.05) is 35.3 Å². The molecule has 0 atom stereocenters. The van der Waals surface area contributed by atoms with Gasteiger partial charge in [0, 0.05) is 20.1 Å². The topological polar surface area (TPSA) is 61.4 Å². The lowest BCUT2D eigenvalue weighted by molar-refractivity contribution is -0.129. The molecule has 1 aromatic carbocycles. The molecular formula is C15H17Cl2N3O2. The van der Waals surface area contributed by atoms with E-state index in [4.69, 9.17) is 23.2 Å². The van der Waals surface area contributed by atoms with E-state index in [0.717, 1.165) is 17.6 Å². The molecule has 0 aromatic heterocycles. The van der Waals surface area contributed by atoms with Crippen molar-refractivity contribution in [3.05, 3.63) is 39.9 Å². The number of hydrogen-bond donors (Lipinski definition) is 2. The molecule has 1 heterocycles. The Kier molecular flexibility index (Phi) is 5.69. The summed E-state index contributed by atoms with van der Waals surface area (Å²) < 4.78 is 0. The monoisotopic (exact) mass is 341 g/mol. The maximum atomic E-state index is 12.0. The number of nitrogens with one attached hydrogen (secondary N) is 2. The minimum absolute atomic E-state index is 0.00435. The van der Waals surface area contributed by atoms with Gasteiger partial charge in [0.2, 0.25) is 5.91 Å². The third kappa shape index (κ3) is 4.15. The summed E-state index contributed by atoms with van der Waals surface area (Å²) in [5.41, 5.74) is 2.16. The van der Waals surface area contributed by atoms with Crippen LogP contribution in [0.15, 0.2) is 24.3 Å². The van der Waals surface area contributed by atoms with Crippen molar-refractivity contribution in [2.45, 2.75) is 6.42 Å². The van der Waals surface area contributed by atoms with E-state index in [0.29, 0.717) is 23.1 Å². The van der Waals surface area contributed by atoms with E-state index >= 15 is 0 Å². The predicted octanol–water partition coefficient (Wildman–Crippen LogP) is 2.54. The Balaban J connectivity index is 1.95. The average molecular weight is 342 g/mol. The summed E-state index contributed by atoms with van der Waals surface area (Å²) in [5.74, 6) is -0.104. The fourth-order valence-electron chi connectivity index (χ4n) is 2.21. The van der Waals surface area contributed by atoms with Crippen molar-refractivity contribution in [3.8, 4) is 0 Å². The van der Waals surface area contributed by atoms with Crippen LogP contribution in [0, 0.1) is 0 Å². The van der Waals surface area contributed by atoms with Crippen molar-refractivity contribution < 1.29 is 9.59 Å². The van der Waals surface area contributed by atoms with Gasteiger partial charge < -0.3 is 15.5 Å². The van der Waals surface area contributed by atoms with E-state index in [9.17, 15) is 9.59 Å². The molecule has 0 radical (unpaired) electrons. The van der Waals surface area contributed by atoms with E-state index in [1.807, 2.05) is 18.2 Å². The van der Waals surface area contributed by atoms with Crippen molar-refractivity contribution in [1.82, 2.24) is 15.5 Å². The van der Waals surface area contributed by atoms with E-state index in [-0.39, 0.29) is 18.5 Å². The molecule has 2 rings (SSSR count). The molecule has 7 heteroatoms. The highest BCUT2D eigenvalue weighted by molar-refractivity contribution is 6.42. The first kappa shape index (κ1) is 16.6. The van der Waals surface area contributed by atoms with Crippen molar-refractivity contribution in [1.29, 1.82) is 0 Å². The summed E-state index contributed by atoms with van der Waals surface area (Å²) in [5, 5.41) is 5.95. The molecule has 0 spiro atoms. The molecule has 5 nitrogen and oxygen atoms in total. The Labute approximate surface area is 139 Å². The first-order chi connectivity index (χ1) is 10.5. The first-order valence-electron chi connectivity index (χ1n) is 6.89. The number of carbonyl (C=O) groups is 2. The molecule has 0 saturated heterocycles. The highest BCUT2D eigenvalue weighted by atomic mass is 35.5. The Morgan fingerprint density at radius 2 is 2.05 bits per heavy atom. The van der Waals surface area contributed by atoms with Crippen molar-refractivity contribution in [2.75, 3.05) is 26.7 Å². The van der Waals surface area contributed by atoms with Crippen LogP contribution < -0.4 is 10.6 Å². The van der Waals surface area contributed by atoms with Gasteiger partial charge in [0.05, 0.1) is 16.6 Å². The number of halogens is 2. The van der Waals surface area contributed by atoms with Crippen LogP contribution in [0.1, 0.15) is 12.0 Å². The Bertz CT molecular complexity index is 617. The van der Waals surface area contributed by atoms with Crippen molar-refractivity contribution in [3.63, 3.8) is 0 Å². The fraction of sp³-hybridized carbons (Fsp3) is 0.333. The smallest absolute Gasteiger partial charge is 0.314 e. The second-order valence-corrected chi connectivity index (χ2v) is 5.70. The van der Waals surface area contributed by atoms with Crippen LogP contribution in [0.5, 0.6) is 0 Å². The van der Waals surface area contributed by atoms with Gasteiger partial charge in [0.25, 0.3) is 0 Å². The number of carbonyl (C=O) groups excluding carboxylic acids is 2. The average Bonchev–Trinajstić information content (AvgIpc) is 2.55. The fourth-order valence-corrected chi connectivity index (χ4v) is 2.51. The van der Waals surface area contributed by atoms with Gasteiger partial charge in [-0.15, -0.1) is 0 Å². The summed E-state index contributed by atoms with van der Waals surface area (Å²) in [7, 11) is 1.51. The van der Waals surface area contributed by atoms with Crippen molar-refractivity contribution >= 4 is 40.7 Å². The first-order valence-corrected chi connectivity index (χ1v) is 7.64. The van der Waals surface area contributed by atoms with Gasteiger partial charge in [-0.2, -0.15) is 0 Å². The van der Waals surface area contributed by atoms with Crippen molar-refractivity contribution in [2.24, 2.45) is 0 Å². The molecule has 0 unspecified atom stereocenters. The van der Waals surface area contributed by atoms with Crippen LogP contribution in [0.25, 0.3) is 5.57 Å². The molecule has 0 saturated carbocycles. The SMILES string of the molecule is CNC(=O)NCC(=O)N1CC=C(c2ccc(Cl)c(Cl)c2)CC1. The highest BCUT2D eigenvalue weighted by Crippen LogP contribution is 2.28. The molecule has 1 aliphatic rings. The van der Waals surface area contributed by atoms with E-state index in [2.05, 4.69) is 10.6 Å². The van der Waals surface area contributed by atoms with E-state index in [1.165, 1.54) is 7.05 Å². The Morgan fingerprint density at radius 1 is 1.27 bits per heavy atom. The maximum absolute atomic E-state index is 12.0. The van der Waals surface area contributed by atoms with Gasteiger partial charge in [-0.05, 0) is 29.7 Å². The number of amides is 3. The Hall–Kier alpha value is -1.72. The van der Waals surface area contributed by atoms with Gasteiger partial charge in [-0.3, -0.25) is 4.79 Å². The third-order valence-corrected chi connectivity index (χ3v) is 4.22. The molecule has 0 fully saturated rings. The number of urea groups is 1. The zero-order chi connectivity index (χ0) is 16.1. The molecule has 22 heavy (non-hydrogen) atoms. The highest BCUT2D eigenvalue weighted by Gasteiger charge is 2.18. The molecule has 1 aliphatic heterocycles. The minimum atomic E-state index is -0.364. The number of nitrogens with zero attached hydrogens (tertiary/aromatic N) is 1. The van der Waals surface area contributed by atoms with Crippen LogP contribution in [0.2, 0.25) is 10.0 Å². The van der Waals surface area contributed by atoms with E-state index in [1.54, 1.807) is 11.0 Å². The summed E-state index contributed by atoms with van der Waals surface area (Å²) in [6.45, 7) is 1.12. The molecule has 2 N–H and O–H groups in total. The molecule has 3 amide bonds. The van der Waals surface area contributed by atoms with Crippen LogP contribution in [0.4, 0.5) is 4.79 Å². The van der Waals surface area contributed by atoms with Crippen LogP contribution >= 0.6 is 23.2 Å². The molecule has 118 valence electrons. The molecular weight excluding hydrogens is 325 g/mol. The second kappa shape index (κ2) is 7.51. The zero-order valence-electron chi connectivity index (χ0n) is 12.2. The van der Waals surface area contributed by atoms with Gasteiger partial charge in [0.1, 0.15) is 0 Å². The molecule has 0 bridgehead atoms. The van der Waals surface area contributed by atoms with Gasteiger partial charge in [0.15, 0.2) is 0 Å². The predicted molar refractivity (Wildman–Crippen MR) is 88.1 cm³/mol. The maximum Gasteiger partial charge on any atom is 0.314 e. The lowest BCUT2D eigenvalue weighted by Crippen LogP contribution is -2.44. The lowest BCUT2D eigenvalue weighted by atomic mass is 9.99. The molecule has 0 aliphatic carbocycles. The van der Waals surface area contributed by atoms with Crippen LogP contribution in [0.3, 0.4) is 0 Å². The summed E-state index contributed by atoms with van der Waals surface area (Å²) in [6, 6.07) is 5.16. The number of benzene rings is 1. The number of rotatable bonds is 3. The Morgan fingerprint density at radius 3 is 2.64 bits per heavy atom. The molecule has 1 aromatic rings. The van der Waals surface area contributed by atoms with E-state index < -0.39 is 0 Å².